The second-order valence-electron chi connectivity index (χ2n) is 8.38. The number of aromatic nitrogens is 1. The molecule has 0 spiro atoms. The zero-order chi connectivity index (χ0) is 19.2. The Morgan fingerprint density at radius 2 is 1.71 bits per heavy atom. The number of hydrogen-bond acceptors (Lipinski definition) is 3. The molecule has 0 unspecified atom stereocenters. The first-order valence-corrected chi connectivity index (χ1v) is 11.1. The molecule has 0 bridgehead atoms. The molecule has 3 heteroatoms. The first-order chi connectivity index (χ1) is 13.8. The highest BCUT2D eigenvalue weighted by Crippen LogP contribution is 2.36. The van der Waals surface area contributed by atoms with E-state index in [0.29, 0.717) is 12.3 Å². The van der Waals surface area contributed by atoms with Crippen molar-refractivity contribution in [2.24, 2.45) is 5.92 Å². The fraction of sp³-hybridized carbons (Fsp3) is 0.520. The standard InChI is InChI=1S/C25H32N2O/c28-25(20-12-5-2-6-13-20)23-16-9-15-22(23)24(19-10-3-1-4-11-19)27-18-21-14-7-8-17-26-21/h7-8,14-17,20,27H,1-6,9-13,18H2. The van der Waals surface area contributed by atoms with Gasteiger partial charge in [0.15, 0.2) is 5.78 Å². The zero-order valence-electron chi connectivity index (χ0n) is 16.9. The molecule has 28 heavy (non-hydrogen) atoms. The second kappa shape index (κ2) is 9.36. The number of nitrogens with zero attached hydrogens (tertiary/aromatic N) is 1. The van der Waals surface area contributed by atoms with Crippen LogP contribution < -0.4 is 5.32 Å². The van der Waals surface area contributed by atoms with Gasteiger partial charge in [-0.15, -0.1) is 0 Å². The summed E-state index contributed by atoms with van der Waals surface area (Å²) in [4.78, 5) is 17.8. The molecular weight excluding hydrogens is 344 g/mol. The quantitative estimate of drug-likeness (QED) is 0.683. The van der Waals surface area contributed by atoms with E-state index in [0.717, 1.165) is 43.4 Å². The van der Waals surface area contributed by atoms with Crippen molar-refractivity contribution in [2.45, 2.75) is 77.2 Å². The van der Waals surface area contributed by atoms with Crippen molar-refractivity contribution in [1.29, 1.82) is 0 Å². The van der Waals surface area contributed by atoms with Crippen molar-refractivity contribution < 1.29 is 4.79 Å². The molecule has 2 fully saturated rings. The maximum atomic E-state index is 13.3. The van der Waals surface area contributed by atoms with Crippen LogP contribution in [0.4, 0.5) is 0 Å². The maximum Gasteiger partial charge on any atom is 0.166 e. The van der Waals surface area contributed by atoms with Gasteiger partial charge in [0.1, 0.15) is 0 Å². The molecule has 148 valence electrons. The highest BCUT2D eigenvalue weighted by molar-refractivity contribution is 6.03. The number of Topliss-reactive ketones (excluding diaryl/α,β-unsaturated/α-hetero) is 1. The van der Waals surface area contributed by atoms with Gasteiger partial charge in [-0.05, 0) is 62.7 Å². The van der Waals surface area contributed by atoms with Crippen molar-refractivity contribution in [3.63, 3.8) is 0 Å². The molecule has 4 rings (SSSR count). The van der Waals surface area contributed by atoms with Gasteiger partial charge in [-0.3, -0.25) is 9.78 Å². The molecule has 1 heterocycles. The summed E-state index contributed by atoms with van der Waals surface area (Å²) < 4.78 is 0. The van der Waals surface area contributed by atoms with E-state index in [4.69, 9.17) is 0 Å². The monoisotopic (exact) mass is 376 g/mol. The third-order valence-corrected chi connectivity index (χ3v) is 6.43. The van der Waals surface area contributed by atoms with Gasteiger partial charge in [-0.1, -0.05) is 43.9 Å². The fourth-order valence-corrected chi connectivity index (χ4v) is 4.89. The minimum absolute atomic E-state index is 0.231. The van der Waals surface area contributed by atoms with Crippen molar-refractivity contribution in [1.82, 2.24) is 10.3 Å². The van der Waals surface area contributed by atoms with Gasteiger partial charge >= 0.3 is 0 Å². The van der Waals surface area contributed by atoms with E-state index < -0.39 is 0 Å². The Balaban J connectivity index is 1.56. The molecule has 0 amide bonds. The molecule has 1 aromatic heterocycles. The molecule has 0 saturated heterocycles. The van der Waals surface area contributed by atoms with Crippen LogP contribution in [0.15, 0.2) is 59.0 Å². The molecule has 0 atom stereocenters. The second-order valence-corrected chi connectivity index (χ2v) is 8.38. The summed E-state index contributed by atoms with van der Waals surface area (Å²) in [6, 6.07) is 6.04. The molecule has 3 aliphatic rings. The lowest BCUT2D eigenvalue weighted by atomic mass is 9.81. The summed E-state index contributed by atoms with van der Waals surface area (Å²) in [5.41, 5.74) is 5.91. The Kier molecular flexibility index (Phi) is 6.41. The number of hydrogen-bond donors (Lipinski definition) is 1. The summed E-state index contributed by atoms with van der Waals surface area (Å²) in [6.07, 6.45) is 19.1. The molecule has 3 aliphatic carbocycles. The third kappa shape index (κ3) is 4.45. The average Bonchev–Trinajstić information content (AvgIpc) is 3.25. The van der Waals surface area contributed by atoms with Gasteiger partial charge in [-0.25, -0.2) is 0 Å². The zero-order valence-corrected chi connectivity index (χ0v) is 16.9. The molecular formula is C25H32N2O. The molecule has 0 radical (unpaired) electrons. The third-order valence-electron chi connectivity index (χ3n) is 6.43. The van der Waals surface area contributed by atoms with Crippen LogP contribution in [-0.2, 0) is 11.3 Å². The van der Waals surface area contributed by atoms with Crippen molar-refractivity contribution >= 4 is 5.78 Å². The number of allylic oxidation sites excluding steroid dienone is 4. The number of carbonyl (C=O) groups is 1. The van der Waals surface area contributed by atoms with E-state index in [1.807, 2.05) is 18.3 Å². The van der Waals surface area contributed by atoms with Gasteiger partial charge in [0.25, 0.3) is 0 Å². The average molecular weight is 377 g/mol. The Morgan fingerprint density at radius 1 is 0.964 bits per heavy atom. The lowest BCUT2D eigenvalue weighted by Gasteiger charge is -2.25. The summed E-state index contributed by atoms with van der Waals surface area (Å²) in [5.74, 6) is 0.617. The van der Waals surface area contributed by atoms with Gasteiger partial charge in [0, 0.05) is 29.0 Å². The number of rotatable bonds is 6. The largest absolute Gasteiger partial charge is 0.379 e. The summed E-state index contributed by atoms with van der Waals surface area (Å²) >= 11 is 0. The summed E-state index contributed by atoms with van der Waals surface area (Å²) in [5, 5.41) is 3.69. The van der Waals surface area contributed by atoms with Crippen LogP contribution in [0.2, 0.25) is 0 Å². The number of pyridine rings is 1. The minimum Gasteiger partial charge on any atom is -0.379 e. The molecule has 3 nitrogen and oxygen atoms in total. The molecule has 2 saturated carbocycles. The van der Waals surface area contributed by atoms with Crippen LogP contribution in [-0.4, -0.2) is 10.8 Å². The Labute approximate surface area is 169 Å². The molecule has 0 aromatic carbocycles. The SMILES string of the molecule is O=C(C1=CCC=C1C(NCc1ccccn1)=C1CCCCC1)C1CCCCC1. The van der Waals surface area contributed by atoms with E-state index in [1.165, 1.54) is 55.4 Å². The predicted molar refractivity (Wildman–Crippen MR) is 114 cm³/mol. The van der Waals surface area contributed by atoms with Gasteiger partial charge in [0.2, 0.25) is 0 Å². The summed E-state index contributed by atoms with van der Waals surface area (Å²) in [6.45, 7) is 0.710. The van der Waals surface area contributed by atoms with Crippen molar-refractivity contribution in [3.8, 4) is 0 Å². The lowest BCUT2D eigenvalue weighted by Crippen LogP contribution is -2.24. The van der Waals surface area contributed by atoms with E-state index in [9.17, 15) is 4.79 Å². The Hall–Kier alpha value is -2.16. The van der Waals surface area contributed by atoms with Crippen molar-refractivity contribution in [2.75, 3.05) is 0 Å². The van der Waals surface area contributed by atoms with Gasteiger partial charge in [0.05, 0.1) is 12.2 Å². The highest BCUT2D eigenvalue weighted by Gasteiger charge is 2.29. The van der Waals surface area contributed by atoms with E-state index in [-0.39, 0.29) is 5.92 Å². The van der Waals surface area contributed by atoms with Crippen LogP contribution in [0.25, 0.3) is 0 Å². The molecule has 0 aliphatic heterocycles. The first kappa shape index (κ1) is 19.2. The van der Waals surface area contributed by atoms with Crippen LogP contribution in [0.5, 0.6) is 0 Å². The molecule has 1 aromatic rings. The Morgan fingerprint density at radius 3 is 2.46 bits per heavy atom. The summed E-state index contributed by atoms with van der Waals surface area (Å²) in [7, 11) is 0. The van der Waals surface area contributed by atoms with E-state index >= 15 is 0 Å². The lowest BCUT2D eigenvalue weighted by molar-refractivity contribution is -0.119. The van der Waals surface area contributed by atoms with E-state index in [1.54, 1.807) is 0 Å². The van der Waals surface area contributed by atoms with Gasteiger partial charge in [-0.2, -0.15) is 0 Å². The van der Waals surface area contributed by atoms with Crippen LogP contribution in [0.1, 0.15) is 76.3 Å². The normalized spacial score (nSPS) is 20.5. The van der Waals surface area contributed by atoms with Gasteiger partial charge < -0.3 is 5.32 Å². The minimum atomic E-state index is 0.231. The van der Waals surface area contributed by atoms with Crippen LogP contribution in [0.3, 0.4) is 0 Å². The smallest absolute Gasteiger partial charge is 0.166 e. The van der Waals surface area contributed by atoms with E-state index in [2.05, 4.69) is 28.5 Å². The predicted octanol–water partition coefficient (Wildman–Crippen LogP) is 5.80. The highest BCUT2D eigenvalue weighted by atomic mass is 16.1. The Bertz CT molecular complexity index is 774. The van der Waals surface area contributed by atoms with Crippen LogP contribution >= 0.6 is 0 Å². The molecule has 1 N–H and O–H groups in total. The number of ketones is 1. The van der Waals surface area contributed by atoms with Crippen LogP contribution in [0, 0.1) is 5.92 Å². The number of nitrogens with one attached hydrogen (secondary N) is 1. The maximum absolute atomic E-state index is 13.3. The topological polar surface area (TPSA) is 42.0 Å². The number of carbonyl (C=O) groups excluding carboxylic acids is 1. The van der Waals surface area contributed by atoms with Crippen molar-refractivity contribution in [3.05, 3.63) is 64.7 Å². The first-order valence-electron chi connectivity index (χ1n) is 11.1. The fourth-order valence-electron chi connectivity index (χ4n) is 4.89.